The molecule has 7 nitrogen and oxygen atoms in total. The molecule has 128 valence electrons. The summed E-state index contributed by atoms with van der Waals surface area (Å²) in [6.07, 6.45) is 0.430. The SMILES string of the molecule is CN(C)C(=O)[C@H](Cc1ccccc1)Nc1ccc([N+](=O)[O-])cc1C#N. The van der Waals surface area contributed by atoms with E-state index >= 15 is 0 Å². The minimum absolute atomic E-state index is 0.124. The predicted molar refractivity (Wildman–Crippen MR) is 94.1 cm³/mol. The van der Waals surface area contributed by atoms with Gasteiger partial charge in [-0.2, -0.15) is 5.26 Å². The van der Waals surface area contributed by atoms with Crippen LogP contribution in [0.3, 0.4) is 0 Å². The van der Waals surface area contributed by atoms with Crippen LogP contribution in [0.25, 0.3) is 0 Å². The van der Waals surface area contributed by atoms with Crippen LogP contribution in [0.15, 0.2) is 48.5 Å². The number of nitro benzene ring substituents is 1. The summed E-state index contributed by atoms with van der Waals surface area (Å²) in [7, 11) is 3.31. The first-order chi connectivity index (χ1) is 11.9. The van der Waals surface area contributed by atoms with E-state index in [1.54, 1.807) is 14.1 Å². The normalized spacial score (nSPS) is 11.2. The third kappa shape index (κ3) is 4.54. The topological polar surface area (TPSA) is 99.3 Å². The maximum atomic E-state index is 12.5. The van der Waals surface area contributed by atoms with Crippen molar-refractivity contribution in [2.45, 2.75) is 12.5 Å². The fourth-order valence-corrected chi connectivity index (χ4v) is 2.41. The zero-order chi connectivity index (χ0) is 18.4. The van der Waals surface area contributed by atoms with Crippen LogP contribution in [0.4, 0.5) is 11.4 Å². The van der Waals surface area contributed by atoms with Crippen molar-refractivity contribution in [3.8, 4) is 6.07 Å². The molecule has 0 saturated heterocycles. The molecular formula is C18H18N4O3. The third-order valence-corrected chi connectivity index (χ3v) is 3.69. The Hall–Kier alpha value is -3.40. The van der Waals surface area contributed by atoms with E-state index in [0.29, 0.717) is 12.1 Å². The van der Waals surface area contributed by atoms with E-state index in [1.807, 2.05) is 36.4 Å². The molecule has 0 saturated carbocycles. The van der Waals surface area contributed by atoms with Crippen molar-refractivity contribution in [2.24, 2.45) is 0 Å². The number of hydrogen-bond donors (Lipinski definition) is 1. The molecule has 2 rings (SSSR count). The molecule has 0 aliphatic rings. The van der Waals surface area contributed by atoms with Crippen LogP contribution < -0.4 is 5.32 Å². The van der Waals surface area contributed by atoms with Crippen LogP contribution >= 0.6 is 0 Å². The Morgan fingerprint density at radius 1 is 1.28 bits per heavy atom. The highest BCUT2D eigenvalue weighted by Gasteiger charge is 2.22. The summed E-state index contributed by atoms with van der Waals surface area (Å²) in [6.45, 7) is 0. The second-order valence-electron chi connectivity index (χ2n) is 5.72. The van der Waals surface area contributed by atoms with Gasteiger partial charge in [0.1, 0.15) is 12.1 Å². The standard InChI is InChI=1S/C18H18N4O3/c1-21(2)18(23)17(10-13-6-4-3-5-7-13)20-16-9-8-15(22(24)25)11-14(16)12-19/h3-9,11,17,20H,10H2,1-2H3/t17-/m0/s1. The minimum atomic E-state index is -0.592. The van der Waals surface area contributed by atoms with Crippen molar-refractivity contribution >= 4 is 17.3 Å². The van der Waals surface area contributed by atoms with Gasteiger partial charge in [0.05, 0.1) is 16.2 Å². The van der Waals surface area contributed by atoms with Gasteiger partial charge in [0.2, 0.25) is 5.91 Å². The van der Waals surface area contributed by atoms with E-state index in [1.165, 1.54) is 23.1 Å². The molecule has 1 amide bonds. The zero-order valence-corrected chi connectivity index (χ0v) is 14.0. The number of amides is 1. The number of nitrogens with one attached hydrogen (secondary N) is 1. The molecule has 7 heteroatoms. The second-order valence-corrected chi connectivity index (χ2v) is 5.72. The average molecular weight is 338 g/mol. The molecule has 2 aromatic rings. The van der Waals surface area contributed by atoms with Crippen LogP contribution in [-0.2, 0) is 11.2 Å². The van der Waals surface area contributed by atoms with E-state index in [4.69, 9.17) is 0 Å². The first kappa shape index (κ1) is 17.9. The number of rotatable bonds is 6. The first-order valence-electron chi connectivity index (χ1n) is 7.62. The number of likely N-dealkylation sites (N-methyl/N-ethyl adjacent to an activating group) is 1. The summed E-state index contributed by atoms with van der Waals surface area (Å²) in [5, 5.41) is 23.2. The van der Waals surface area contributed by atoms with Crippen molar-refractivity contribution < 1.29 is 9.72 Å². The van der Waals surface area contributed by atoms with E-state index in [0.717, 1.165) is 5.56 Å². The number of hydrogen-bond acceptors (Lipinski definition) is 5. The number of non-ortho nitro benzene ring substituents is 1. The van der Waals surface area contributed by atoms with Crippen LogP contribution in [-0.4, -0.2) is 35.9 Å². The van der Waals surface area contributed by atoms with E-state index in [9.17, 15) is 20.2 Å². The van der Waals surface area contributed by atoms with Crippen molar-refractivity contribution in [2.75, 3.05) is 19.4 Å². The van der Waals surface area contributed by atoms with Gasteiger partial charge in [-0.15, -0.1) is 0 Å². The minimum Gasteiger partial charge on any atom is -0.372 e. The molecule has 0 aliphatic carbocycles. The van der Waals surface area contributed by atoms with Crippen molar-refractivity contribution in [1.82, 2.24) is 4.90 Å². The molecule has 0 spiro atoms. The Balaban J connectivity index is 2.32. The van der Waals surface area contributed by atoms with Gasteiger partial charge in [0.25, 0.3) is 5.69 Å². The zero-order valence-electron chi connectivity index (χ0n) is 14.0. The number of carbonyl (C=O) groups is 1. The largest absolute Gasteiger partial charge is 0.372 e. The molecular weight excluding hydrogens is 320 g/mol. The smallest absolute Gasteiger partial charge is 0.270 e. The van der Waals surface area contributed by atoms with Crippen molar-refractivity contribution in [3.63, 3.8) is 0 Å². The number of nitrogens with zero attached hydrogens (tertiary/aromatic N) is 3. The average Bonchev–Trinajstić information content (AvgIpc) is 2.61. The van der Waals surface area contributed by atoms with E-state index in [-0.39, 0.29) is 17.2 Å². The quantitative estimate of drug-likeness (QED) is 0.644. The van der Waals surface area contributed by atoms with Gasteiger partial charge in [0, 0.05) is 32.6 Å². The fraction of sp³-hybridized carbons (Fsp3) is 0.222. The van der Waals surface area contributed by atoms with Crippen molar-refractivity contribution in [3.05, 3.63) is 69.8 Å². The monoisotopic (exact) mass is 338 g/mol. The molecule has 1 N–H and O–H groups in total. The predicted octanol–water partition coefficient (Wildman–Crippen LogP) is 2.58. The van der Waals surface area contributed by atoms with Crippen molar-refractivity contribution in [1.29, 1.82) is 5.26 Å². The Kier molecular flexibility index (Phi) is 5.69. The summed E-state index contributed by atoms with van der Waals surface area (Å²) in [6, 6.07) is 14.8. The molecule has 0 heterocycles. The molecule has 25 heavy (non-hydrogen) atoms. The van der Waals surface area contributed by atoms with Crippen LogP contribution in [0.1, 0.15) is 11.1 Å². The van der Waals surface area contributed by atoms with Crippen LogP contribution in [0, 0.1) is 21.4 Å². The molecule has 2 aromatic carbocycles. The molecule has 0 bridgehead atoms. The van der Waals surface area contributed by atoms with Gasteiger partial charge < -0.3 is 10.2 Å². The molecule has 1 atom stereocenters. The lowest BCUT2D eigenvalue weighted by molar-refractivity contribution is -0.384. The summed E-state index contributed by atoms with van der Waals surface area (Å²) in [4.78, 5) is 24.3. The van der Waals surface area contributed by atoms with Gasteiger partial charge in [-0.3, -0.25) is 14.9 Å². The second kappa shape index (κ2) is 7.93. The molecule has 0 unspecified atom stereocenters. The molecule has 0 aromatic heterocycles. The Labute approximate surface area is 145 Å². The number of nitro groups is 1. The first-order valence-corrected chi connectivity index (χ1v) is 7.62. The van der Waals surface area contributed by atoms with Gasteiger partial charge >= 0.3 is 0 Å². The van der Waals surface area contributed by atoms with Crippen LogP contribution in [0.5, 0.6) is 0 Å². The number of nitriles is 1. The van der Waals surface area contributed by atoms with Gasteiger partial charge in [0.15, 0.2) is 0 Å². The molecule has 0 radical (unpaired) electrons. The highest BCUT2D eigenvalue weighted by atomic mass is 16.6. The highest BCUT2D eigenvalue weighted by Crippen LogP contribution is 2.23. The number of carbonyl (C=O) groups excluding carboxylic acids is 1. The molecule has 0 fully saturated rings. The summed E-state index contributed by atoms with van der Waals surface area (Å²) in [5.74, 6) is -0.147. The Bertz CT molecular complexity index is 813. The van der Waals surface area contributed by atoms with Gasteiger partial charge in [-0.1, -0.05) is 30.3 Å². The maximum absolute atomic E-state index is 12.5. The lowest BCUT2D eigenvalue weighted by Gasteiger charge is -2.23. The van der Waals surface area contributed by atoms with E-state index < -0.39 is 11.0 Å². The summed E-state index contributed by atoms with van der Waals surface area (Å²) >= 11 is 0. The number of benzene rings is 2. The summed E-state index contributed by atoms with van der Waals surface area (Å²) < 4.78 is 0. The summed E-state index contributed by atoms with van der Waals surface area (Å²) in [5.41, 5.74) is 1.32. The van der Waals surface area contributed by atoms with Gasteiger partial charge in [-0.05, 0) is 11.6 Å². The maximum Gasteiger partial charge on any atom is 0.270 e. The Morgan fingerprint density at radius 2 is 1.96 bits per heavy atom. The third-order valence-electron chi connectivity index (χ3n) is 3.69. The highest BCUT2D eigenvalue weighted by molar-refractivity contribution is 5.85. The van der Waals surface area contributed by atoms with Crippen LogP contribution in [0.2, 0.25) is 0 Å². The Morgan fingerprint density at radius 3 is 2.52 bits per heavy atom. The lowest BCUT2D eigenvalue weighted by Crippen LogP contribution is -2.40. The molecule has 0 aliphatic heterocycles. The lowest BCUT2D eigenvalue weighted by atomic mass is 10.0. The van der Waals surface area contributed by atoms with Gasteiger partial charge in [-0.25, -0.2) is 0 Å². The van der Waals surface area contributed by atoms with E-state index in [2.05, 4.69) is 5.32 Å². The number of anilines is 1. The fourth-order valence-electron chi connectivity index (χ4n) is 2.41.